The Morgan fingerprint density at radius 3 is 2.71 bits per heavy atom. The lowest BCUT2D eigenvalue weighted by Crippen LogP contribution is -2.48. The monoisotopic (exact) mass is 237 g/mol. The van der Waals surface area contributed by atoms with Gasteiger partial charge in [-0.1, -0.05) is 25.7 Å². The van der Waals surface area contributed by atoms with Crippen LogP contribution in [0, 0.1) is 5.92 Å². The molecule has 0 bridgehead atoms. The van der Waals surface area contributed by atoms with Crippen molar-refractivity contribution in [2.45, 2.75) is 82.4 Å². The lowest BCUT2D eigenvalue weighted by Gasteiger charge is -2.39. The van der Waals surface area contributed by atoms with Gasteiger partial charge in [0.05, 0.1) is 5.60 Å². The van der Waals surface area contributed by atoms with Crippen LogP contribution in [0.1, 0.15) is 64.7 Å². The van der Waals surface area contributed by atoms with Crippen LogP contribution in [0.5, 0.6) is 0 Å². The van der Waals surface area contributed by atoms with Gasteiger partial charge in [-0.05, 0) is 44.9 Å². The zero-order chi connectivity index (χ0) is 11.7. The van der Waals surface area contributed by atoms with Crippen molar-refractivity contribution in [3.63, 3.8) is 0 Å². The van der Waals surface area contributed by atoms with Crippen LogP contribution in [0.4, 0.5) is 0 Å². The van der Waals surface area contributed by atoms with Gasteiger partial charge < -0.3 is 10.1 Å². The molecule has 2 aliphatic carbocycles. The van der Waals surface area contributed by atoms with E-state index >= 15 is 0 Å². The second-order valence-corrected chi connectivity index (χ2v) is 6.68. The molecule has 17 heavy (non-hydrogen) atoms. The maximum atomic E-state index is 6.09. The molecule has 2 nitrogen and oxygen atoms in total. The maximum absolute atomic E-state index is 6.09. The normalized spacial score (nSPS) is 34.1. The van der Waals surface area contributed by atoms with Crippen molar-refractivity contribution in [2.75, 3.05) is 6.61 Å². The fourth-order valence-electron chi connectivity index (χ4n) is 3.86. The summed E-state index contributed by atoms with van der Waals surface area (Å²) >= 11 is 0. The minimum atomic E-state index is 0.273. The van der Waals surface area contributed by atoms with Crippen LogP contribution in [0.25, 0.3) is 0 Å². The van der Waals surface area contributed by atoms with Gasteiger partial charge in [0.1, 0.15) is 0 Å². The van der Waals surface area contributed by atoms with Gasteiger partial charge in [0, 0.05) is 18.7 Å². The highest BCUT2D eigenvalue weighted by atomic mass is 16.5. The standard InChI is InChI=1S/C15H27NO/c1-12(10-13-4-5-13)16-14-6-9-17-15(11-14)7-2-3-8-15/h12-14,16H,2-11H2,1H3. The Labute approximate surface area is 105 Å². The molecule has 0 amide bonds. The van der Waals surface area contributed by atoms with Crippen LogP contribution in [0.2, 0.25) is 0 Å². The lowest BCUT2D eigenvalue weighted by molar-refractivity contribution is -0.0846. The average Bonchev–Trinajstić information content (AvgIpc) is 2.99. The molecule has 1 N–H and O–H groups in total. The Bertz CT molecular complexity index is 256. The van der Waals surface area contributed by atoms with Crippen molar-refractivity contribution in [1.29, 1.82) is 0 Å². The molecule has 2 atom stereocenters. The van der Waals surface area contributed by atoms with E-state index < -0.39 is 0 Å². The summed E-state index contributed by atoms with van der Waals surface area (Å²) < 4.78 is 6.09. The molecule has 0 aromatic heterocycles. The van der Waals surface area contributed by atoms with E-state index in [0.717, 1.165) is 18.6 Å². The average molecular weight is 237 g/mol. The van der Waals surface area contributed by atoms with Crippen LogP contribution in [-0.4, -0.2) is 24.3 Å². The zero-order valence-corrected chi connectivity index (χ0v) is 11.2. The van der Waals surface area contributed by atoms with Crippen LogP contribution in [0.15, 0.2) is 0 Å². The van der Waals surface area contributed by atoms with E-state index in [1.807, 2.05) is 0 Å². The zero-order valence-electron chi connectivity index (χ0n) is 11.2. The van der Waals surface area contributed by atoms with Crippen molar-refractivity contribution in [3.05, 3.63) is 0 Å². The SMILES string of the molecule is CC(CC1CC1)NC1CCOC2(CCCC2)C1. The first-order valence-electron chi connectivity index (χ1n) is 7.66. The molecule has 1 saturated heterocycles. The second kappa shape index (κ2) is 4.89. The van der Waals surface area contributed by atoms with E-state index in [-0.39, 0.29) is 5.60 Å². The van der Waals surface area contributed by atoms with E-state index in [1.54, 1.807) is 0 Å². The fourth-order valence-corrected chi connectivity index (χ4v) is 3.86. The van der Waals surface area contributed by atoms with Crippen molar-refractivity contribution in [3.8, 4) is 0 Å². The van der Waals surface area contributed by atoms with Gasteiger partial charge in [-0.3, -0.25) is 0 Å². The summed E-state index contributed by atoms with van der Waals surface area (Å²) in [5.41, 5.74) is 0.273. The Hall–Kier alpha value is -0.0800. The van der Waals surface area contributed by atoms with Crippen molar-refractivity contribution in [2.24, 2.45) is 5.92 Å². The van der Waals surface area contributed by atoms with E-state index in [9.17, 15) is 0 Å². The number of ether oxygens (including phenoxy) is 1. The molecule has 3 fully saturated rings. The van der Waals surface area contributed by atoms with Gasteiger partial charge in [0.25, 0.3) is 0 Å². The summed E-state index contributed by atoms with van der Waals surface area (Å²) in [7, 11) is 0. The van der Waals surface area contributed by atoms with Crippen molar-refractivity contribution < 1.29 is 4.74 Å². The highest BCUT2D eigenvalue weighted by Crippen LogP contribution is 2.40. The Balaban J connectivity index is 1.48. The predicted octanol–water partition coefficient (Wildman–Crippen LogP) is 3.26. The summed E-state index contributed by atoms with van der Waals surface area (Å²) in [6, 6.07) is 1.43. The van der Waals surface area contributed by atoms with E-state index in [0.29, 0.717) is 6.04 Å². The molecular weight excluding hydrogens is 210 g/mol. The summed E-state index contributed by atoms with van der Waals surface area (Å²) in [5.74, 6) is 1.04. The van der Waals surface area contributed by atoms with Crippen LogP contribution >= 0.6 is 0 Å². The first kappa shape index (κ1) is 12.0. The van der Waals surface area contributed by atoms with Gasteiger partial charge in [-0.2, -0.15) is 0 Å². The molecule has 0 aromatic rings. The molecule has 1 heterocycles. The molecule has 3 aliphatic rings. The number of hydrogen-bond donors (Lipinski definition) is 1. The lowest BCUT2D eigenvalue weighted by atomic mass is 9.88. The molecule has 98 valence electrons. The predicted molar refractivity (Wildman–Crippen MR) is 70.1 cm³/mol. The van der Waals surface area contributed by atoms with Crippen LogP contribution in [-0.2, 0) is 4.74 Å². The molecule has 0 radical (unpaired) electrons. The first-order valence-corrected chi connectivity index (χ1v) is 7.66. The van der Waals surface area contributed by atoms with Crippen LogP contribution in [0.3, 0.4) is 0 Å². The topological polar surface area (TPSA) is 21.3 Å². The fraction of sp³-hybridized carbons (Fsp3) is 1.00. The molecule has 1 spiro atoms. The summed E-state index contributed by atoms with van der Waals surface area (Å²) in [6.07, 6.45) is 12.2. The third kappa shape index (κ3) is 3.03. The third-order valence-electron chi connectivity index (χ3n) is 4.91. The minimum Gasteiger partial charge on any atom is -0.375 e. The van der Waals surface area contributed by atoms with Gasteiger partial charge in [-0.15, -0.1) is 0 Å². The molecule has 2 saturated carbocycles. The van der Waals surface area contributed by atoms with Crippen molar-refractivity contribution >= 4 is 0 Å². The quantitative estimate of drug-likeness (QED) is 0.810. The molecule has 1 aliphatic heterocycles. The molecule has 3 rings (SSSR count). The molecule has 2 heteroatoms. The summed E-state index contributed by atoms with van der Waals surface area (Å²) in [6.45, 7) is 3.35. The Kier molecular flexibility index (Phi) is 3.45. The van der Waals surface area contributed by atoms with E-state index in [2.05, 4.69) is 12.2 Å². The Morgan fingerprint density at radius 2 is 2.00 bits per heavy atom. The van der Waals surface area contributed by atoms with Crippen molar-refractivity contribution in [1.82, 2.24) is 5.32 Å². The highest BCUT2D eigenvalue weighted by molar-refractivity contribution is 4.94. The third-order valence-corrected chi connectivity index (χ3v) is 4.91. The van der Waals surface area contributed by atoms with Crippen LogP contribution < -0.4 is 5.32 Å². The second-order valence-electron chi connectivity index (χ2n) is 6.68. The number of rotatable bonds is 4. The number of hydrogen-bond acceptors (Lipinski definition) is 2. The molecule has 0 aromatic carbocycles. The smallest absolute Gasteiger partial charge is 0.0697 e. The van der Waals surface area contributed by atoms with E-state index in [4.69, 9.17) is 4.74 Å². The molecule has 2 unspecified atom stereocenters. The van der Waals surface area contributed by atoms with Gasteiger partial charge in [0.2, 0.25) is 0 Å². The first-order chi connectivity index (χ1) is 8.26. The summed E-state index contributed by atoms with van der Waals surface area (Å²) in [5, 5.41) is 3.86. The summed E-state index contributed by atoms with van der Waals surface area (Å²) in [4.78, 5) is 0. The van der Waals surface area contributed by atoms with Gasteiger partial charge in [0.15, 0.2) is 0 Å². The minimum absolute atomic E-state index is 0.273. The largest absolute Gasteiger partial charge is 0.375 e. The van der Waals surface area contributed by atoms with Gasteiger partial charge in [-0.25, -0.2) is 0 Å². The highest BCUT2D eigenvalue weighted by Gasteiger charge is 2.40. The van der Waals surface area contributed by atoms with E-state index in [1.165, 1.54) is 57.8 Å². The van der Waals surface area contributed by atoms with Gasteiger partial charge >= 0.3 is 0 Å². The molecular formula is C15H27NO. The number of nitrogens with one attached hydrogen (secondary N) is 1. The maximum Gasteiger partial charge on any atom is 0.0697 e. The Morgan fingerprint density at radius 1 is 1.24 bits per heavy atom.